The van der Waals surface area contributed by atoms with Crippen molar-refractivity contribution >= 4 is 28.5 Å². The molecule has 1 aliphatic rings. The zero-order valence-electron chi connectivity index (χ0n) is 13.2. The number of benzene rings is 1. The molecular formula is C15H17N3O5S. The molecule has 2 atom stereocenters. The van der Waals surface area contributed by atoms with Gasteiger partial charge in [0.05, 0.1) is 7.11 Å². The fraction of sp³-hybridized carbons (Fsp3) is 0.400. The van der Waals surface area contributed by atoms with Crippen molar-refractivity contribution in [1.29, 1.82) is 0 Å². The molecule has 0 radical (unpaired) electrons. The van der Waals surface area contributed by atoms with Gasteiger partial charge in [0, 0.05) is 19.4 Å². The van der Waals surface area contributed by atoms with Gasteiger partial charge in [-0.25, -0.2) is 14.4 Å². The van der Waals surface area contributed by atoms with Crippen molar-refractivity contribution in [2.24, 2.45) is 8.80 Å². The second-order valence-electron chi connectivity index (χ2n) is 4.93. The van der Waals surface area contributed by atoms with Crippen molar-refractivity contribution in [3.05, 3.63) is 35.4 Å². The molecule has 0 aliphatic carbocycles. The van der Waals surface area contributed by atoms with E-state index in [0.29, 0.717) is 17.9 Å². The molecule has 0 amide bonds. The smallest absolute Gasteiger partial charge is 0.339 e. The van der Waals surface area contributed by atoms with Crippen LogP contribution in [0, 0.1) is 0 Å². The fourth-order valence-corrected chi connectivity index (χ4v) is 4.92. The van der Waals surface area contributed by atoms with Crippen molar-refractivity contribution in [2.45, 2.75) is 11.5 Å². The SMILES string of the molecule is COC(=O)C(OC)c1ccc(C2NCCS2(N=C=O)N=C=O)cc1. The number of ether oxygens (including phenoxy) is 2. The molecule has 2 rings (SSSR count). The molecular weight excluding hydrogens is 334 g/mol. The zero-order valence-corrected chi connectivity index (χ0v) is 14.0. The minimum Gasteiger partial charge on any atom is -0.467 e. The number of nitrogens with zero attached hydrogens (tertiary/aromatic N) is 2. The molecule has 1 aromatic carbocycles. The number of rotatable bonds is 6. The van der Waals surface area contributed by atoms with Gasteiger partial charge >= 0.3 is 5.97 Å². The molecule has 0 saturated carbocycles. The van der Waals surface area contributed by atoms with Crippen LogP contribution in [0.4, 0.5) is 0 Å². The summed E-state index contributed by atoms with van der Waals surface area (Å²) in [5.74, 6) is -0.0347. The summed E-state index contributed by atoms with van der Waals surface area (Å²) in [4.78, 5) is 33.2. The van der Waals surface area contributed by atoms with E-state index >= 15 is 0 Å². The first kappa shape index (κ1) is 18.1. The van der Waals surface area contributed by atoms with Crippen molar-refractivity contribution in [3.63, 3.8) is 0 Å². The molecule has 1 N–H and O–H groups in total. The molecule has 0 aromatic heterocycles. The van der Waals surface area contributed by atoms with Crippen molar-refractivity contribution in [3.8, 4) is 0 Å². The number of hydrogen-bond donors (Lipinski definition) is 1. The Labute approximate surface area is 140 Å². The lowest BCUT2D eigenvalue weighted by molar-refractivity contribution is -0.152. The number of nitrogens with one attached hydrogen (secondary N) is 1. The van der Waals surface area contributed by atoms with E-state index in [1.807, 2.05) is 0 Å². The predicted octanol–water partition coefficient (Wildman–Crippen LogP) is 1.46. The Morgan fingerprint density at radius 3 is 2.38 bits per heavy atom. The summed E-state index contributed by atoms with van der Waals surface area (Å²) < 4.78 is 17.5. The molecule has 1 heterocycles. The lowest BCUT2D eigenvalue weighted by Gasteiger charge is -2.29. The van der Waals surface area contributed by atoms with E-state index in [4.69, 9.17) is 9.47 Å². The van der Waals surface area contributed by atoms with Gasteiger partial charge in [0.25, 0.3) is 0 Å². The van der Waals surface area contributed by atoms with E-state index in [1.54, 1.807) is 24.3 Å². The number of carbonyl (C=O) groups excluding carboxylic acids is 3. The van der Waals surface area contributed by atoms with Crippen molar-refractivity contribution in [2.75, 3.05) is 26.5 Å². The summed E-state index contributed by atoms with van der Waals surface area (Å²) in [6.07, 6.45) is 2.21. The first-order chi connectivity index (χ1) is 11.6. The highest BCUT2D eigenvalue weighted by atomic mass is 32.3. The second kappa shape index (κ2) is 8.01. The number of methoxy groups -OCH3 is 2. The molecule has 0 spiro atoms. The Morgan fingerprint density at radius 2 is 1.88 bits per heavy atom. The van der Waals surface area contributed by atoms with Crippen LogP contribution in [-0.4, -0.2) is 44.6 Å². The topological polar surface area (TPSA) is 106 Å². The minimum atomic E-state index is -2.25. The van der Waals surface area contributed by atoms with Crippen molar-refractivity contribution < 1.29 is 23.9 Å². The number of esters is 1. The van der Waals surface area contributed by atoms with Gasteiger partial charge in [0.15, 0.2) is 6.10 Å². The fourth-order valence-electron chi connectivity index (χ4n) is 2.59. The molecule has 1 saturated heterocycles. The first-order valence-electron chi connectivity index (χ1n) is 7.04. The van der Waals surface area contributed by atoms with Crippen LogP contribution in [0.3, 0.4) is 0 Å². The summed E-state index contributed by atoms with van der Waals surface area (Å²) in [6, 6.07) is 6.99. The van der Waals surface area contributed by atoms with E-state index in [9.17, 15) is 14.4 Å². The zero-order chi connectivity index (χ0) is 17.6. The van der Waals surface area contributed by atoms with E-state index in [2.05, 4.69) is 14.1 Å². The maximum atomic E-state index is 11.7. The van der Waals surface area contributed by atoms with Gasteiger partial charge in [0.2, 0.25) is 12.2 Å². The van der Waals surface area contributed by atoms with Crippen LogP contribution in [0.2, 0.25) is 0 Å². The summed E-state index contributed by atoms with van der Waals surface area (Å²) in [5, 5.41) is 2.82. The number of carbonyl (C=O) groups is 1. The molecule has 128 valence electrons. The van der Waals surface area contributed by atoms with Gasteiger partial charge in [-0.3, -0.25) is 5.32 Å². The highest BCUT2D eigenvalue weighted by Gasteiger charge is 2.39. The quantitative estimate of drug-likeness (QED) is 0.472. The number of hydrogen-bond acceptors (Lipinski definition) is 8. The van der Waals surface area contributed by atoms with Crippen LogP contribution in [0.15, 0.2) is 33.1 Å². The molecule has 1 aliphatic heterocycles. The normalized spacial score (nSPS) is 26.3. The molecule has 1 fully saturated rings. The largest absolute Gasteiger partial charge is 0.467 e. The second-order valence-corrected chi connectivity index (χ2v) is 7.61. The molecule has 2 unspecified atom stereocenters. The van der Waals surface area contributed by atoms with Gasteiger partial charge < -0.3 is 9.47 Å². The Balaban J connectivity index is 2.34. The first-order valence-corrected chi connectivity index (χ1v) is 8.81. The van der Waals surface area contributed by atoms with Crippen LogP contribution in [-0.2, 0) is 23.9 Å². The lowest BCUT2D eigenvalue weighted by Crippen LogP contribution is -2.17. The van der Waals surface area contributed by atoms with Gasteiger partial charge in [-0.05, 0) is 21.5 Å². The Morgan fingerprint density at radius 1 is 1.25 bits per heavy atom. The van der Waals surface area contributed by atoms with Gasteiger partial charge in [0.1, 0.15) is 5.37 Å². The summed E-state index contributed by atoms with van der Waals surface area (Å²) in [7, 11) is 0.461. The third-order valence-electron chi connectivity index (χ3n) is 3.69. The summed E-state index contributed by atoms with van der Waals surface area (Å²) >= 11 is 0. The van der Waals surface area contributed by atoms with Crippen LogP contribution < -0.4 is 5.32 Å². The van der Waals surface area contributed by atoms with Gasteiger partial charge in [-0.15, -0.1) is 8.80 Å². The van der Waals surface area contributed by atoms with Crippen LogP contribution in [0.1, 0.15) is 22.6 Å². The highest BCUT2D eigenvalue weighted by molar-refractivity contribution is 8.32. The number of isocyanates is 2. The van der Waals surface area contributed by atoms with Crippen molar-refractivity contribution in [1.82, 2.24) is 5.32 Å². The maximum absolute atomic E-state index is 11.7. The highest BCUT2D eigenvalue weighted by Crippen LogP contribution is 2.63. The molecule has 0 bridgehead atoms. The predicted molar refractivity (Wildman–Crippen MR) is 87.7 cm³/mol. The van der Waals surface area contributed by atoms with E-state index in [-0.39, 0.29) is 5.37 Å². The van der Waals surface area contributed by atoms with E-state index in [0.717, 1.165) is 5.56 Å². The van der Waals surface area contributed by atoms with E-state index < -0.39 is 22.5 Å². The molecule has 9 heteroatoms. The minimum absolute atomic E-state index is 0.381. The molecule has 8 nitrogen and oxygen atoms in total. The van der Waals surface area contributed by atoms with E-state index in [1.165, 1.54) is 26.4 Å². The Kier molecular flexibility index (Phi) is 6.03. The third kappa shape index (κ3) is 3.46. The Hall–Kier alpha value is -2.28. The van der Waals surface area contributed by atoms with Gasteiger partial charge in [-0.2, -0.15) is 0 Å². The molecule has 24 heavy (non-hydrogen) atoms. The lowest BCUT2D eigenvalue weighted by atomic mass is 10.1. The molecule has 1 aromatic rings. The monoisotopic (exact) mass is 351 g/mol. The van der Waals surface area contributed by atoms with Crippen LogP contribution in [0.5, 0.6) is 0 Å². The Bertz CT molecular complexity index is 678. The third-order valence-corrected chi connectivity index (χ3v) is 6.47. The van der Waals surface area contributed by atoms with Crippen LogP contribution in [0.25, 0.3) is 0 Å². The summed E-state index contributed by atoms with van der Waals surface area (Å²) in [6.45, 7) is 0.570. The standard InChI is InChI=1S/C15H17N3O5S/c1-22-13(15(21)23-2)11-3-5-12(6-4-11)14-16-7-8-24(14,17-9-19)18-10-20/h3-6,13-14,16H,7-8H2,1-2H3. The maximum Gasteiger partial charge on any atom is 0.339 e. The average molecular weight is 351 g/mol. The van der Waals surface area contributed by atoms with Gasteiger partial charge in [-0.1, -0.05) is 24.3 Å². The summed E-state index contributed by atoms with van der Waals surface area (Å²) in [5.41, 5.74) is 1.42. The van der Waals surface area contributed by atoms with Crippen LogP contribution >= 0.6 is 10.4 Å². The average Bonchev–Trinajstić information content (AvgIpc) is 3.00.